The van der Waals surface area contributed by atoms with E-state index in [-0.39, 0.29) is 0 Å². The molecule has 2 unspecified atom stereocenters. The second-order valence-electron chi connectivity index (χ2n) is 7.72. The molecule has 1 saturated heterocycles. The number of aryl methyl sites for hydroxylation is 1. The number of nitrogens with zero attached hydrogens (tertiary/aromatic N) is 1. The molecule has 1 aliphatic heterocycles. The van der Waals surface area contributed by atoms with Crippen LogP contribution in [0, 0.1) is 18.8 Å². The minimum Gasteiger partial charge on any atom is -0.308 e. The molecule has 0 spiro atoms. The Bertz CT molecular complexity index is 492. The molecule has 0 aromatic heterocycles. The zero-order chi connectivity index (χ0) is 15.0. The van der Waals surface area contributed by atoms with Crippen molar-refractivity contribution < 1.29 is 0 Å². The van der Waals surface area contributed by atoms with E-state index >= 15 is 0 Å². The van der Waals surface area contributed by atoms with Gasteiger partial charge in [-0.05, 0) is 49.7 Å². The van der Waals surface area contributed by atoms with Crippen molar-refractivity contribution in [3.8, 4) is 0 Å². The number of nitrogens with one attached hydrogen (secondary N) is 1. The third kappa shape index (κ3) is 3.17. The summed E-state index contributed by atoms with van der Waals surface area (Å²) in [5.74, 6) is 1.59. The fraction of sp³-hybridized carbons (Fsp3) is 0.684. The Morgan fingerprint density at radius 1 is 1.29 bits per heavy atom. The molecule has 116 valence electrons. The van der Waals surface area contributed by atoms with Gasteiger partial charge in [0.15, 0.2) is 0 Å². The van der Waals surface area contributed by atoms with E-state index in [2.05, 4.69) is 62.2 Å². The average Bonchev–Trinajstić information content (AvgIpc) is 3.26. The van der Waals surface area contributed by atoms with E-state index in [0.717, 1.165) is 19.0 Å². The molecule has 0 bridgehead atoms. The van der Waals surface area contributed by atoms with Gasteiger partial charge in [0, 0.05) is 31.2 Å². The van der Waals surface area contributed by atoms with Gasteiger partial charge in [0.2, 0.25) is 0 Å². The molecule has 0 amide bonds. The summed E-state index contributed by atoms with van der Waals surface area (Å²) < 4.78 is 0. The van der Waals surface area contributed by atoms with Crippen LogP contribution >= 0.6 is 0 Å². The molecule has 3 rings (SSSR count). The summed E-state index contributed by atoms with van der Waals surface area (Å²) in [6, 6.07) is 9.50. The third-order valence-electron chi connectivity index (χ3n) is 5.60. The van der Waals surface area contributed by atoms with Gasteiger partial charge in [-0.2, -0.15) is 0 Å². The second-order valence-corrected chi connectivity index (χ2v) is 7.72. The molecule has 1 saturated carbocycles. The van der Waals surface area contributed by atoms with Gasteiger partial charge in [0.05, 0.1) is 0 Å². The zero-order valence-electron chi connectivity index (χ0n) is 14.0. The first-order valence-corrected chi connectivity index (χ1v) is 8.53. The summed E-state index contributed by atoms with van der Waals surface area (Å²) in [6.45, 7) is 12.8. The zero-order valence-corrected chi connectivity index (χ0v) is 14.0. The minimum atomic E-state index is 0.327. The van der Waals surface area contributed by atoms with Gasteiger partial charge in [-0.15, -0.1) is 0 Å². The highest BCUT2D eigenvalue weighted by atomic mass is 15.3. The van der Waals surface area contributed by atoms with Crippen molar-refractivity contribution in [1.82, 2.24) is 10.2 Å². The summed E-state index contributed by atoms with van der Waals surface area (Å²) in [5, 5.41) is 3.88. The van der Waals surface area contributed by atoms with Crippen LogP contribution in [-0.4, -0.2) is 29.6 Å². The summed E-state index contributed by atoms with van der Waals surface area (Å²) in [4.78, 5) is 2.74. The molecule has 2 atom stereocenters. The average molecular weight is 286 g/mol. The SMILES string of the molecule is Cc1ccccc1CN1CC(C)(C2CC2)NCC1C(C)C. The molecule has 1 aromatic carbocycles. The number of benzene rings is 1. The van der Waals surface area contributed by atoms with Crippen LogP contribution in [0.3, 0.4) is 0 Å². The van der Waals surface area contributed by atoms with Crippen molar-refractivity contribution in [2.45, 2.75) is 58.7 Å². The lowest BCUT2D eigenvalue weighted by atomic mass is 9.87. The van der Waals surface area contributed by atoms with Gasteiger partial charge in [-0.3, -0.25) is 4.90 Å². The number of piperazine rings is 1. The van der Waals surface area contributed by atoms with Crippen molar-refractivity contribution in [3.05, 3.63) is 35.4 Å². The van der Waals surface area contributed by atoms with Gasteiger partial charge in [0.1, 0.15) is 0 Å². The molecule has 0 radical (unpaired) electrons. The molecular weight excluding hydrogens is 256 g/mol. The van der Waals surface area contributed by atoms with Crippen molar-refractivity contribution >= 4 is 0 Å². The predicted octanol–water partition coefficient (Wildman–Crippen LogP) is 3.59. The maximum absolute atomic E-state index is 3.88. The van der Waals surface area contributed by atoms with E-state index < -0.39 is 0 Å². The van der Waals surface area contributed by atoms with Gasteiger partial charge in [0.25, 0.3) is 0 Å². The van der Waals surface area contributed by atoms with Crippen LogP contribution in [0.25, 0.3) is 0 Å². The predicted molar refractivity (Wildman–Crippen MR) is 89.3 cm³/mol. The van der Waals surface area contributed by atoms with Crippen molar-refractivity contribution in [2.24, 2.45) is 11.8 Å². The van der Waals surface area contributed by atoms with E-state index in [4.69, 9.17) is 0 Å². The van der Waals surface area contributed by atoms with E-state index in [9.17, 15) is 0 Å². The van der Waals surface area contributed by atoms with Crippen molar-refractivity contribution in [1.29, 1.82) is 0 Å². The molecule has 1 heterocycles. The number of rotatable bonds is 4. The maximum Gasteiger partial charge on any atom is 0.0309 e. The van der Waals surface area contributed by atoms with Crippen LogP contribution < -0.4 is 5.32 Å². The maximum atomic E-state index is 3.88. The van der Waals surface area contributed by atoms with Crippen LogP contribution in [0.15, 0.2) is 24.3 Å². The Morgan fingerprint density at radius 2 is 2.00 bits per heavy atom. The van der Waals surface area contributed by atoms with Crippen LogP contribution in [0.5, 0.6) is 0 Å². The molecule has 2 aliphatic rings. The minimum absolute atomic E-state index is 0.327. The summed E-state index contributed by atoms with van der Waals surface area (Å²) in [6.07, 6.45) is 2.82. The number of hydrogen-bond donors (Lipinski definition) is 1. The van der Waals surface area contributed by atoms with E-state index in [1.54, 1.807) is 0 Å². The van der Waals surface area contributed by atoms with E-state index in [1.807, 2.05) is 0 Å². The lowest BCUT2D eigenvalue weighted by Gasteiger charge is -2.48. The van der Waals surface area contributed by atoms with Gasteiger partial charge >= 0.3 is 0 Å². The molecular formula is C19H30N2. The smallest absolute Gasteiger partial charge is 0.0309 e. The standard InChI is InChI=1S/C19H30N2/c1-14(2)18-11-20-19(4,17-9-10-17)13-21(18)12-16-8-6-5-7-15(16)3/h5-8,14,17-18,20H,9-13H2,1-4H3. The summed E-state index contributed by atoms with van der Waals surface area (Å²) >= 11 is 0. The Balaban J connectivity index is 1.79. The van der Waals surface area contributed by atoms with Crippen molar-refractivity contribution in [2.75, 3.05) is 13.1 Å². The Morgan fingerprint density at radius 3 is 2.62 bits per heavy atom. The Labute approximate surface area is 129 Å². The fourth-order valence-electron chi connectivity index (χ4n) is 3.89. The van der Waals surface area contributed by atoms with Gasteiger partial charge < -0.3 is 5.32 Å². The highest BCUT2D eigenvalue weighted by molar-refractivity contribution is 5.25. The van der Waals surface area contributed by atoms with Gasteiger partial charge in [-0.1, -0.05) is 38.1 Å². The normalized spacial score (nSPS) is 30.8. The molecule has 2 heteroatoms. The summed E-state index contributed by atoms with van der Waals surface area (Å²) in [7, 11) is 0. The van der Waals surface area contributed by atoms with Crippen LogP contribution in [-0.2, 0) is 6.54 Å². The molecule has 2 fully saturated rings. The molecule has 1 aliphatic carbocycles. The first kappa shape index (κ1) is 15.1. The molecule has 1 N–H and O–H groups in total. The molecule has 21 heavy (non-hydrogen) atoms. The second kappa shape index (κ2) is 5.73. The molecule has 2 nitrogen and oxygen atoms in total. The van der Waals surface area contributed by atoms with Crippen LogP contribution in [0.4, 0.5) is 0 Å². The lowest BCUT2D eigenvalue weighted by Crippen LogP contribution is -2.64. The number of hydrogen-bond acceptors (Lipinski definition) is 2. The first-order chi connectivity index (χ1) is 9.99. The highest BCUT2D eigenvalue weighted by Crippen LogP contribution is 2.42. The Hall–Kier alpha value is -0.860. The Kier molecular flexibility index (Phi) is 4.11. The van der Waals surface area contributed by atoms with Crippen LogP contribution in [0.1, 0.15) is 44.7 Å². The lowest BCUT2D eigenvalue weighted by molar-refractivity contribution is 0.0461. The van der Waals surface area contributed by atoms with E-state index in [0.29, 0.717) is 17.5 Å². The van der Waals surface area contributed by atoms with E-state index in [1.165, 1.54) is 30.5 Å². The fourth-order valence-corrected chi connectivity index (χ4v) is 3.89. The topological polar surface area (TPSA) is 15.3 Å². The molecule has 1 aromatic rings. The van der Waals surface area contributed by atoms with Crippen molar-refractivity contribution in [3.63, 3.8) is 0 Å². The van der Waals surface area contributed by atoms with Gasteiger partial charge in [-0.25, -0.2) is 0 Å². The first-order valence-electron chi connectivity index (χ1n) is 8.53. The largest absolute Gasteiger partial charge is 0.308 e. The quantitative estimate of drug-likeness (QED) is 0.910. The summed E-state index contributed by atoms with van der Waals surface area (Å²) in [5.41, 5.74) is 3.24. The monoisotopic (exact) mass is 286 g/mol. The third-order valence-corrected chi connectivity index (χ3v) is 5.60. The highest BCUT2D eigenvalue weighted by Gasteiger charge is 2.46. The van der Waals surface area contributed by atoms with Crippen LogP contribution in [0.2, 0.25) is 0 Å².